The molecule has 0 saturated carbocycles. The van der Waals surface area contributed by atoms with Gasteiger partial charge in [0.15, 0.2) is 6.10 Å². The van der Waals surface area contributed by atoms with Crippen molar-refractivity contribution in [1.82, 2.24) is 5.32 Å². The standard InChI is InChI=1S/C23H31NO2/c1-17-8-10-19(11-9-17)7-6-16-24-22(25)18(2)26-21-14-12-20(13-15-21)23(3,4)5/h8-15,18H,6-7,16H2,1-5H3,(H,24,25). The van der Waals surface area contributed by atoms with Crippen molar-refractivity contribution in [3.63, 3.8) is 0 Å². The van der Waals surface area contributed by atoms with Crippen molar-refractivity contribution in [1.29, 1.82) is 0 Å². The van der Waals surface area contributed by atoms with E-state index in [4.69, 9.17) is 4.74 Å². The summed E-state index contributed by atoms with van der Waals surface area (Å²) in [6.45, 7) is 11.1. The van der Waals surface area contributed by atoms with Crippen LogP contribution in [-0.4, -0.2) is 18.6 Å². The minimum atomic E-state index is -0.505. The van der Waals surface area contributed by atoms with Crippen LogP contribution in [0.1, 0.15) is 50.8 Å². The van der Waals surface area contributed by atoms with Crippen molar-refractivity contribution >= 4 is 5.91 Å². The lowest BCUT2D eigenvalue weighted by Gasteiger charge is -2.20. The van der Waals surface area contributed by atoms with Crippen molar-refractivity contribution in [2.45, 2.75) is 59.0 Å². The topological polar surface area (TPSA) is 38.3 Å². The Bertz CT molecular complexity index is 696. The fraction of sp³-hybridized carbons (Fsp3) is 0.435. The van der Waals surface area contributed by atoms with Crippen LogP contribution in [0.5, 0.6) is 5.75 Å². The Labute approximate surface area is 157 Å². The lowest BCUT2D eigenvalue weighted by Crippen LogP contribution is -2.36. The largest absolute Gasteiger partial charge is 0.481 e. The van der Waals surface area contributed by atoms with Gasteiger partial charge in [0.05, 0.1) is 0 Å². The van der Waals surface area contributed by atoms with Crippen LogP contribution < -0.4 is 10.1 Å². The number of nitrogens with one attached hydrogen (secondary N) is 1. The minimum Gasteiger partial charge on any atom is -0.481 e. The second-order valence-corrected chi connectivity index (χ2v) is 7.91. The van der Waals surface area contributed by atoms with Gasteiger partial charge in [-0.25, -0.2) is 0 Å². The molecule has 0 heterocycles. The summed E-state index contributed by atoms with van der Waals surface area (Å²) in [6.07, 6.45) is 1.38. The highest BCUT2D eigenvalue weighted by Crippen LogP contribution is 2.24. The highest BCUT2D eigenvalue weighted by Gasteiger charge is 2.16. The van der Waals surface area contributed by atoms with E-state index in [0.29, 0.717) is 6.54 Å². The summed E-state index contributed by atoms with van der Waals surface area (Å²) in [7, 11) is 0. The van der Waals surface area contributed by atoms with E-state index >= 15 is 0 Å². The Morgan fingerprint density at radius 2 is 1.65 bits per heavy atom. The van der Waals surface area contributed by atoms with Gasteiger partial charge in [0.1, 0.15) is 5.75 Å². The zero-order valence-electron chi connectivity index (χ0n) is 16.6. The SMILES string of the molecule is Cc1ccc(CCCNC(=O)C(C)Oc2ccc(C(C)(C)C)cc2)cc1. The quantitative estimate of drug-likeness (QED) is 0.726. The fourth-order valence-corrected chi connectivity index (χ4v) is 2.69. The molecule has 140 valence electrons. The molecule has 0 radical (unpaired) electrons. The van der Waals surface area contributed by atoms with Crippen LogP contribution in [0.4, 0.5) is 0 Å². The van der Waals surface area contributed by atoms with Crippen LogP contribution in [0.2, 0.25) is 0 Å². The highest BCUT2D eigenvalue weighted by atomic mass is 16.5. The Kier molecular flexibility index (Phi) is 6.84. The Morgan fingerprint density at radius 3 is 2.23 bits per heavy atom. The van der Waals surface area contributed by atoms with E-state index in [9.17, 15) is 4.79 Å². The molecule has 0 aliphatic rings. The summed E-state index contributed by atoms with van der Waals surface area (Å²) in [5, 5.41) is 2.96. The molecule has 0 fully saturated rings. The van der Waals surface area contributed by atoms with Crippen LogP contribution in [-0.2, 0) is 16.6 Å². The van der Waals surface area contributed by atoms with Crippen LogP contribution in [0, 0.1) is 6.92 Å². The number of hydrogen-bond donors (Lipinski definition) is 1. The van der Waals surface area contributed by atoms with Crippen molar-refractivity contribution in [2.24, 2.45) is 0 Å². The molecule has 0 aromatic heterocycles. The van der Waals surface area contributed by atoms with E-state index in [1.54, 1.807) is 6.92 Å². The second kappa shape index (κ2) is 8.88. The molecule has 1 unspecified atom stereocenters. The molecule has 2 rings (SSSR count). The normalized spacial score (nSPS) is 12.5. The molecule has 2 aromatic carbocycles. The maximum Gasteiger partial charge on any atom is 0.260 e. The predicted molar refractivity (Wildman–Crippen MR) is 108 cm³/mol. The molecule has 1 amide bonds. The van der Waals surface area contributed by atoms with Crippen LogP contribution >= 0.6 is 0 Å². The van der Waals surface area contributed by atoms with E-state index in [1.165, 1.54) is 16.7 Å². The van der Waals surface area contributed by atoms with Gasteiger partial charge in [-0.1, -0.05) is 62.7 Å². The van der Waals surface area contributed by atoms with Gasteiger partial charge in [-0.05, 0) is 55.4 Å². The Hall–Kier alpha value is -2.29. The average Bonchev–Trinajstić information content (AvgIpc) is 2.59. The number of amides is 1. The van der Waals surface area contributed by atoms with E-state index in [2.05, 4.69) is 69.4 Å². The van der Waals surface area contributed by atoms with E-state index in [0.717, 1.165) is 18.6 Å². The average molecular weight is 354 g/mol. The predicted octanol–water partition coefficient (Wildman–Crippen LogP) is 4.81. The Balaban J connectivity index is 1.74. The minimum absolute atomic E-state index is 0.0752. The fourth-order valence-electron chi connectivity index (χ4n) is 2.69. The number of benzene rings is 2. The molecule has 2 aromatic rings. The monoisotopic (exact) mass is 353 g/mol. The van der Waals surface area contributed by atoms with Crippen molar-refractivity contribution in [3.8, 4) is 5.75 Å². The smallest absolute Gasteiger partial charge is 0.260 e. The van der Waals surface area contributed by atoms with Crippen LogP contribution in [0.3, 0.4) is 0 Å². The third-order valence-corrected chi connectivity index (χ3v) is 4.46. The van der Waals surface area contributed by atoms with Gasteiger partial charge >= 0.3 is 0 Å². The highest BCUT2D eigenvalue weighted by molar-refractivity contribution is 5.80. The van der Waals surface area contributed by atoms with Crippen molar-refractivity contribution in [2.75, 3.05) is 6.54 Å². The first-order chi connectivity index (χ1) is 12.3. The van der Waals surface area contributed by atoms with Gasteiger partial charge in [-0.15, -0.1) is 0 Å². The molecule has 3 nitrogen and oxygen atoms in total. The van der Waals surface area contributed by atoms with Gasteiger partial charge in [0.25, 0.3) is 5.91 Å². The molecule has 0 aliphatic carbocycles. The van der Waals surface area contributed by atoms with Crippen molar-refractivity contribution < 1.29 is 9.53 Å². The lowest BCUT2D eigenvalue weighted by molar-refractivity contribution is -0.127. The van der Waals surface area contributed by atoms with Gasteiger partial charge in [-0.2, -0.15) is 0 Å². The van der Waals surface area contributed by atoms with E-state index in [-0.39, 0.29) is 11.3 Å². The first-order valence-electron chi connectivity index (χ1n) is 9.36. The van der Waals surface area contributed by atoms with Crippen LogP contribution in [0.15, 0.2) is 48.5 Å². The summed E-state index contributed by atoms with van der Waals surface area (Å²) in [4.78, 5) is 12.2. The van der Waals surface area contributed by atoms with Gasteiger partial charge in [-0.3, -0.25) is 4.79 Å². The molecule has 0 bridgehead atoms. The number of ether oxygens (including phenoxy) is 1. The first-order valence-corrected chi connectivity index (χ1v) is 9.36. The number of carbonyl (C=O) groups is 1. The van der Waals surface area contributed by atoms with Gasteiger partial charge < -0.3 is 10.1 Å². The molecule has 3 heteroatoms. The number of hydrogen-bond acceptors (Lipinski definition) is 2. The van der Waals surface area contributed by atoms with Gasteiger partial charge in [0, 0.05) is 6.54 Å². The number of rotatable bonds is 7. The summed E-state index contributed by atoms with van der Waals surface area (Å²) in [5.74, 6) is 0.647. The Morgan fingerprint density at radius 1 is 1.04 bits per heavy atom. The third kappa shape index (κ3) is 6.21. The molecular formula is C23H31NO2. The van der Waals surface area contributed by atoms with Crippen molar-refractivity contribution in [3.05, 3.63) is 65.2 Å². The van der Waals surface area contributed by atoms with Crippen LogP contribution in [0.25, 0.3) is 0 Å². The summed E-state index contributed by atoms with van der Waals surface area (Å²) < 4.78 is 5.76. The molecule has 0 spiro atoms. The molecule has 1 atom stereocenters. The zero-order valence-corrected chi connectivity index (χ0v) is 16.6. The zero-order chi connectivity index (χ0) is 19.2. The number of carbonyl (C=O) groups excluding carboxylic acids is 1. The van der Waals surface area contributed by atoms with E-state index in [1.807, 2.05) is 12.1 Å². The molecular weight excluding hydrogens is 322 g/mol. The second-order valence-electron chi connectivity index (χ2n) is 7.91. The summed E-state index contributed by atoms with van der Waals surface area (Å²) in [6, 6.07) is 16.5. The molecule has 0 saturated heterocycles. The van der Waals surface area contributed by atoms with Gasteiger partial charge in [0.2, 0.25) is 0 Å². The maximum atomic E-state index is 12.2. The lowest BCUT2D eigenvalue weighted by atomic mass is 9.87. The molecule has 26 heavy (non-hydrogen) atoms. The third-order valence-electron chi connectivity index (χ3n) is 4.46. The number of aryl methyl sites for hydroxylation is 2. The molecule has 0 aliphatic heterocycles. The van der Waals surface area contributed by atoms with E-state index < -0.39 is 6.10 Å². The summed E-state index contributed by atoms with van der Waals surface area (Å²) in [5.41, 5.74) is 3.92. The summed E-state index contributed by atoms with van der Waals surface area (Å²) >= 11 is 0. The molecule has 1 N–H and O–H groups in total. The first kappa shape index (κ1) is 20.0. The maximum absolute atomic E-state index is 12.2.